The highest BCUT2D eigenvalue weighted by atomic mass is 16.5. The van der Waals surface area contributed by atoms with E-state index in [9.17, 15) is 24.0 Å². The molecule has 10 heteroatoms. The summed E-state index contributed by atoms with van der Waals surface area (Å²) in [6.07, 6.45) is 0.937. The summed E-state index contributed by atoms with van der Waals surface area (Å²) in [5.41, 5.74) is -0.851. The summed E-state index contributed by atoms with van der Waals surface area (Å²) in [6, 6.07) is -2.21. The summed E-state index contributed by atoms with van der Waals surface area (Å²) in [6.45, 7) is 11.0. The lowest BCUT2D eigenvalue weighted by molar-refractivity contribution is -0.142. The van der Waals surface area contributed by atoms with Crippen molar-refractivity contribution in [2.75, 3.05) is 19.7 Å². The van der Waals surface area contributed by atoms with E-state index in [-0.39, 0.29) is 47.9 Å². The van der Waals surface area contributed by atoms with E-state index in [1.54, 1.807) is 13.8 Å². The number of amides is 3. The van der Waals surface area contributed by atoms with E-state index in [2.05, 4.69) is 16.0 Å². The van der Waals surface area contributed by atoms with E-state index < -0.39 is 23.7 Å². The van der Waals surface area contributed by atoms with E-state index in [0.29, 0.717) is 32.4 Å². The van der Waals surface area contributed by atoms with Crippen LogP contribution < -0.4 is 16.0 Å². The van der Waals surface area contributed by atoms with Crippen molar-refractivity contribution >= 4 is 29.3 Å². The molecule has 1 aliphatic carbocycles. The largest absolute Gasteiger partial charge is 0.377 e. The number of ketones is 2. The first-order chi connectivity index (χ1) is 15.4. The number of hydrogen-bond donors (Lipinski definition) is 3. The molecule has 2 aliphatic rings. The summed E-state index contributed by atoms with van der Waals surface area (Å²) in [7, 11) is 0. The van der Waals surface area contributed by atoms with Crippen molar-refractivity contribution in [3.05, 3.63) is 0 Å². The van der Waals surface area contributed by atoms with Crippen LogP contribution in [-0.4, -0.2) is 83.7 Å². The Bertz CT molecular complexity index is 787. The first-order valence-corrected chi connectivity index (χ1v) is 11.7. The third-order valence-electron chi connectivity index (χ3n) is 6.58. The first-order valence-electron chi connectivity index (χ1n) is 11.7. The van der Waals surface area contributed by atoms with Crippen LogP contribution in [0.1, 0.15) is 60.8 Å². The summed E-state index contributed by atoms with van der Waals surface area (Å²) < 4.78 is 5.67. The molecule has 0 radical (unpaired) electrons. The Kier molecular flexibility index (Phi) is 9.13. The van der Waals surface area contributed by atoms with Gasteiger partial charge in [0.25, 0.3) is 0 Å². The Labute approximate surface area is 195 Å². The van der Waals surface area contributed by atoms with Gasteiger partial charge >= 0.3 is 0 Å². The molecule has 1 saturated carbocycles. The van der Waals surface area contributed by atoms with Crippen LogP contribution in [0.15, 0.2) is 0 Å². The molecule has 0 aromatic rings. The van der Waals surface area contributed by atoms with Crippen LogP contribution >= 0.6 is 0 Å². The molecule has 0 bridgehead atoms. The lowest BCUT2D eigenvalue weighted by atomic mass is 10.1. The molecule has 3 N–H and O–H groups in total. The monoisotopic (exact) mass is 466 g/mol. The minimum atomic E-state index is -0.855. The van der Waals surface area contributed by atoms with E-state index >= 15 is 0 Å². The Morgan fingerprint density at radius 1 is 1.12 bits per heavy atom. The fourth-order valence-corrected chi connectivity index (χ4v) is 4.33. The van der Waals surface area contributed by atoms with Gasteiger partial charge in [0.2, 0.25) is 17.7 Å². The van der Waals surface area contributed by atoms with Gasteiger partial charge in [0.15, 0.2) is 5.78 Å². The maximum absolute atomic E-state index is 13.2. The summed E-state index contributed by atoms with van der Waals surface area (Å²) in [5, 5.41) is 8.51. The zero-order chi connectivity index (χ0) is 24.9. The molecular weight excluding hydrogens is 428 g/mol. The smallest absolute Gasteiger partial charge is 0.245 e. The highest BCUT2D eigenvalue weighted by Crippen LogP contribution is 2.44. The highest BCUT2D eigenvalue weighted by molar-refractivity contribution is 5.98. The minimum absolute atomic E-state index is 0.0213. The topological polar surface area (TPSA) is 134 Å². The summed E-state index contributed by atoms with van der Waals surface area (Å²) in [4.78, 5) is 63.4. The average molecular weight is 467 g/mol. The number of ether oxygens (including phenoxy) is 1. The van der Waals surface area contributed by atoms with E-state index in [4.69, 9.17) is 4.74 Å². The number of Topliss-reactive ketones (excluding diaryl/α,β-unsaturated/α-hetero) is 2. The van der Waals surface area contributed by atoms with E-state index in [0.717, 1.165) is 0 Å². The minimum Gasteiger partial charge on any atom is -0.377 e. The third kappa shape index (κ3) is 6.60. The van der Waals surface area contributed by atoms with Crippen molar-refractivity contribution in [2.45, 2.75) is 90.6 Å². The van der Waals surface area contributed by atoms with Crippen LogP contribution in [0, 0.1) is 5.92 Å². The second-order valence-electron chi connectivity index (χ2n) is 9.30. The van der Waals surface area contributed by atoms with Crippen molar-refractivity contribution in [3.8, 4) is 0 Å². The van der Waals surface area contributed by atoms with Crippen molar-refractivity contribution < 1.29 is 28.7 Å². The zero-order valence-electron chi connectivity index (χ0n) is 20.5. The Morgan fingerprint density at radius 2 is 1.76 bits per heavy atom. The van der Waals surface area contributed by atoms with Crippen LogP contribution in [0.4, 0.5) is 0 Å². The number of hydrogen-bond acceptors (Lipinski definition) is 7. The normalized spacial score (nSPS) is 28.1. The molecule has 2 rings (SSSR count). The number of nitrogens with one attached hydrogen (secondary N) is 3. The molecule has 0 aromatic carbocycles. The van der Waals surface area contributed by atoms with Gasteiger partial charge in [-0.1, -0.05) is 6.92 Å². The average Bonchev–Trinajstić information content (AvgIpc) is 3.19. The molecule has 33 heavy (non-hydrogen) atoms. The maximum atomic E-state index is 13.2. The number of carbonyl (C=O) groups excluding carboxylic acids is 5. The molecule has 186 valence electrons. The molecule has 2 fully saturated rings. The number of nitrogens with zero attached hydrogens (tertiary/aromatic N) is 1. The van der Waals surface area contributed by atoms with Crippen molar-refractivity contribution in [1.82, 2.24) is 20.9 Å². The molecule has 3 amide bonds. The number of carbonyl (C=O) groups is 5. The summed E-state index contributed by atoms with van der Waals surface area (Å²) >= 11 is 0. The number of likely N-dealkylation sites (tertiary alicyclic amines) is 1. The van der Waals surface area contributed by atoms with Crippen LogP contribution in [0.2, 0.25) is 0 Å². The van der Waals surface area contributed by atoms with Gasteiger partial charge in [0.1, 0.15) is 23.4 Å². The molecule has 0 aromatic heterocycles. The van der Waals surface area contributed by atoms with Crippen LogP contribution in [0.5, 0.6) is 0 Å². The molecule has 10 nitrogen and oxygen atoms in total. The van der Waals surface area contributed by atoms with E-state index in [1.165, 1.54) is 18.7 Å². The second kappa shape index (κ2) is 11.2. The predicted molar refractivity (Wildman–Crippen MR) is 121 cm³/mol. The highest BCUT2D eigenvalue weighted by Gasteiger charge is 2.57. The maximum Gasteiger partial charge on any atom is 0.245 e. The molecule has 0 spiro atoms. The standard InChI is InChI=1S/C23H38N4O6/c1-7-33-18-10-19(21(31)26-23(17(6)29)11-13(23)2)27(12-18)22(32)16(5)25-20(30)15(4)24-9-8-14(3)28/h13,15-16,18-19,24H,7-12H2,1-6H3,(H,25,30)(H,26,31). The lowest BCUT2D eigenvalue weighted by Crippen LogP contribution is -2.56. The first kappa shape index (κ1) is 26.9. The molecule has 1 saturated heterocycles. The van der Waals surface area contributed by atoms with E-state index in [1.807, 2.05) is 13.8 Å². The van der Waals surface area contributed by atoms with Crippen molar-refractivity contribution in [2.24, 2.45) is 5.92 Å². The van der Waals surface area contributed by atoms with Crippen molar-refractivity contribution in [3.63, 3.8) is 0 Å². The van der Waals surface area contributed by atoms with Gasteiger partial charge < -0.3 is 25.6 Å². The summed E-state index contributed by atoms with van der Waals surface area (Å²) in [5.74, 6) is -1.14. The fourth-order valence-electron chi connectivity index (χ4n) is 4.33. The molecule has 6 unspecified atom stereocenters. The molecule has 1 aliphatic heterocycles. The van der Waals surface area contributed by atoms with Gasteiger partial charge in [-0.2, -0.15) is 0 Å². The van der Waals surface area contributed by atoms with Gasteiger partial charge in [-0.25, -0.2) is 0 Å². The SMILES string of the molecule is CCOC1CC(C(=O)NC2(C(C)=O)CC2C)N(C(=O)C(C)NC(=O)C(C)NCCC(C)=O)C1. The van der Waals surface area contributed by atoms with Gasteiger partial charge in [-0.05, 0) is 47.0 Å². The molecule has 6 atom stereocenters. The van der Waals surface area contributed by atoms with Crippen LogP contribution in [-0.2, 0) is 28.7 Å². The van der Waals surface area contributed by atoms with Gasteiger partial charge in [-0.15, -0.1) is 0 Å². The lowest BCUT2D eigenvalue weighted by Gasteiger charge is -2.29. The van der Waals surface area contributed by atoms with Crippen LogP contribution in [0.3, 0.4) is 0 Å². The Balaban J connectivity index is 2.03. The second-order valence-corrected chi connectivity index (χ2v) is 9.30. The Hall–Kier alpha value is -2.33. The van der Waals surface area contributed by atoms with Crippen molar-refractivity contribution in [1.29, 1.82) is 0 Å². The number of rotatable bonds is 12. The Morgan fingerprint density at radius 3 is 2.27 bits per heavy atom. The third-order valence-corrected chi connectivity index (χ3v) is 6.58. The molecule has 1 heterocycles. The van der Waals surface area contributed by atoms with Gasteiger partial charge in [0.05, 0.1) is 12.1 Å². The zero-order valence-corrected chi connectivity index (χ0v) is 20.5. The quantitative estimate of drug-likeness (QED) is 0.367. The van der Waals surface area contributed by atoms with Gasteiger partial charge in [-0.3, -0.25) is 24.0 Å². The predicted octanol–water partition coefficient (Wildman–Crippen LogP) is -0.0619. The van der Waals surface area contributed by atoms with Gasteiger partial charge in [0, 0.05) is 32.5 Å². The molecular formula is C23H38N4O6. The van der Waals surface area contributed by atoms with Crippen LogP contribution in [0.25, 0.3) is 0 Å². The fraction of sp³-hybridized carbons (Fsp3) is 0.783.